The Bertz CT molecular complexity index is 1870. The minimum absolute atomic E-state index is 0.00678. The Morgan fingerprint density at radius 3 is 2.48 bits per heavy atom. The van der Waals surface area contributed by atoms with Crippen LogP contribution in [0.1, 0.15) is 69.9 Å². The van der Waals surface area contributed by atoms with Crippen LogP contribution < -0.4 is 16.2 Å². The predicted molar refractivity (Wildman–Crippen MR) is 177 cm³/mol. The van der Waals surface area contributed by atoms with E-state index in [2.05, 4.69) is 27.6 Å². The van der Waals surface area contributed by atoms with Crippen LogP contribution in [-0.2, 0) is 12.0 Å². The summed E-state index contributed by atoms with van der Waals surface area (Å²) in [7, 11) is 0. The number of benzene rings is 1. The van der Waals surface area contributed by atoms with E-state index in [4.69, 9.17) is 19.5 Å². The number of piperidine rings is 3. The van der Waals surface area contributed by atoms with Crippen molar-refractivity contribution in [3.63, 3.8) is 0 Å². The van der Waals surface area contributed by atoms with E-state index in [1.54, 1.807) is 16.9 Å². The van der Waals surface area contributed by atoms with Gasteiger partial charge in [-0.15, -0.1) is 0 Å². The molecule has 1 aromatic carbocycles. The second kappa shape index (κ2) is 12.3. The third-order valence-electron chi connectivity index (χ3n) is 9.47. The van der Waals surface area contributed by atoms with E-state index in [-0.39, 0.29) is 29.7 Å². The monoisotopic (exact) mass is 623 g/mol. The minimum Gasteiger partial charge on any atom is -0.394 e. The molecule has 12 heteroatoms. The number of aromatic nitrogens is 6. The van der Waals surface area contributed by atoms with Gasteiger partial charge in [0.1, 0.15) is 11.6 Å². The van der Waals surface area contributed by atoms with E-state index >= 15 is 0 Å². The van der Waals surface area contributed by atoms with E-state index in [1.807, 2.05) is 61.0 Å². The van der Waals surface area contributed by atoms with Crippen LogP contribution in [0.5, 0.6) is 0 Å². The number of aliphatic hydroxyl groups is 1. The van der Waals surface area contributed by atoms with Gasteiger partial charge in [-0.05, 0) is 76.9 Å². The highest BCUT2D eigenvalue weighted by molar-refractivity contribution is 5.79. The van der Waals surface area contributed by atoms with E-state index in [0.717, 1.165) is 56.7 Å². The normalized spacial score (nSPS) is 20.0. The zero-order valence-electron chi connectivity index (χ0n) is 26.6. The van der Waals surface area contributed by atoms with Gasteiger partial charge in [0.05, 0.1) is 29.3 Å². The summed E-state index contributed by atoms with van der Waals surface area (Å²) in [4.78, 5) is 30.2. The van der Waals surface area contributed by atoms with Gasteiger partial charge >= 0.3 is 0 Å². The molecule has 3 saturated heterocycles. The predicted octanol–water partition coefficient (Wildman–Crippen LogP) is 5.26. The first-order valence-electron chi connectivity index (χ1n) is 16.3. The number of pyridine rings is 2. The van der Waals surface area contributed by atoms with Crippen molar-refractivity contribution < 1.29 is 9.63 Å². The summed E-state index contributed by atoms with van der Waals surface area (Å²) in [6, 6.07) is 14.9. The molecular formula is C34H41N9O3. The Labute approximate surface area is 267 Å². The highest BCUT2D eigenvalue weighted by Gasteiger charge is 2.44. The van der Waals surface area contributed by atoms with Crippen LogP contribution in [-0.4, -0.2) is 65.7 Å². The zero-order chi connectivity index (χ0) is 31.8. The quantitative estimate of drug-likeness (QED) is 0.179. The van der Waals surface area contributed by atoms with Crippen molar-refractivity contribution in [2.24, 2.45) is 0 Å². The lowest BCUT2D eigenvalue weighted by Crippen LogP contribution is -2.51. The number of fused-ring (bicyclic) bond motifs is 4. The first-order valence-corrected chi connectivity index (χ1v) is 16.3. The van der Waals surface area contributed by atoms with Crippen molar-refractivity contribution >= 4 is 28.4 Å². The summed E-state index contributed by atoms with van der Waals surface area (Å²) in [5.74, 6) is 2.25. The molecule has 5 aromatic rings. The van der Waals surface area contributed by atoms with E-state index in [1.165, 1.54) is 0 Å². The lowest BCUT2D eigenvalue weighted by atomic mass is 9.71. The molecule has 0 amide bonds. The molecule has 3 N–H and O–H groups in total. The summed E-state index contributed by atoms with van der Waals surface area (Å²) in [5, 5.41) is 22.3. The Hall–Kier alpha value is -4.55. The molecule has 3 fully saturated rings. The fourth-order valence-corrected chi connectivity index (χ4v) is 6.92. The standard InChI is InChI=1S/C34H41N9O3/c1-4-15-42-30-24(32(45)43(42)22(2)3)10-11-28(38-30)37-29-19-26(36-27(21-44)23-8-6-5-7-9-23)25(20-35-29)31-39-33(40-46-31)34-12-16-41(17-13-34)18-14-34/h5-11,19-20,22,27,44H,4,12-18,21H2,1-3H3,(H2,35,36,37,38). The van der Waals surface area contributed by atoms with E-state index < -0.39 is 0 Å². The van der Waals surface area contributed by atoms with Crippen LogP contribution in [0.2, 0.25) is 0 Å². The topological polar surface area (TPSA) is 139 Å². The smallest absolute Gasteiger partial charge is 0.276 e. The number of hydrogen-bond donors (Lipinski definition) is 3. The largest absolute Gasteiger partial charge is 0.394 e. The molecule has 8 rings (SSSR count). The van der Waals surface area contributed by atoms with Gasteiger partial charge in [0, 0.05) is 30.3 Å². The molecule has 2 bridgehead atoms. The average Bonchev–Trinajstić information content (AvgIpc) is 3.69. The molecule has 4 aromatic heterocycles. The van der Waals surface area contributed by atoms with Crippen LogP contribution in [0.4, 0.5) is 17.3 Å². The maximum absolute atomic E-state index is 13.2. The lowest BCUT2D eigenvalue weighted by molar-refractivity contribution is 0.0747. The number of nitrogens with one attached hydrogen (secondary N) is 2. The van der Waals surface area contributed by atoms with Crippen LogP contribution >= 0.6 is 0 Å². The number of hydrogen-bond acceptors (Lipinski definition) is 10. The summed E-state index contributed by atoms with van der Waals surface area (Å²) >= 11 is 0. The van der Waals surface area contributed by atoms with Crippen molar-refractivity contribution in [2.75, 3.05) is 36.9 Å². The van der Waals surface area contributed by atoms with Crippen molar-refractivity contribution in [1.82, 2.24) is 34.4 Å². The van der Waals surface area contributed by atoms with Crippen molar-refractivity contribution in [1.29, 1.82) is 0 Å². The summed E-state index contributed by atoms with van der Waals surface area (Å²) in [5.41, 5.74) is 2.82. The van der Waals surface area contributed by atoms with Crippen LogP contribution in [0.3, 0.4) is 0 Å². The van der Waals surface area contributed by atoms with Gasteiger partial charge in [-0.3, -0.25) is 9.48 Å². The van der Waals surface area contributed by atoms with Crippen LogP contribution in [0, 0.1) is 0 Å². The first-order chi connectivity index (χ1) is 22.4. The maximum atomic E-state index is 13.2. The Balaban J connectivity index is 1.25. The summed E-state index contributed by atoms with van der Waals surface area (Å²) in [6.07, 6.45) is 5.68. The molecule has 7 heterocycles. The minimum atomic E-state index is -0.382. The summed E-state index contributed by atoms with van der Waals surface area (Å²) < 4.78 is 9.64. The molecule has 240 valence electrons. The lowest BCUT2D eigenvalue weighted by Gasteiger charge is -2.46. The maximum Gasteiger partial charge on any atom is 0.276 e. The number of aliphatic hydroxyl groups excluding tert-OH is 1. The number of nitrogens with zero attached hydrogens (tertiary/aromatic N) is 7. The number of anilines is 3. The summed E-state index contributed by atoms with van der Waals surface area (Å²) in [6.45, 7) is 9.83. The second-order valence-electron chi connectivity index (χ2n) is 12.8. The first kappa shape index (κ1) is 30.1. The molecule has 0 aliphatic carbocycles. The molecule has 1 atom stereocenters. The van der Waals surface area contributed by atoms with Crippen LogP contribution in [0.15, 0.2) is 64.0 Å². The molecular weight excluding hydrogens is 582 g/mol. The molecule has 1 unspecified atom stereocenters. The highest BCUT2D eigenvalue weighted by Crippen LogP contribution is 2.42. The molecule has 3 aliphatic heterocycles. The third kappa shape index (κ3) is 5.45. The Kier molecular flexibility index (Phi) is 8.07. The Morgan fingerprint density at radius 2 is 1.78 bits per heavy atom. The third-order valence-corrected chi connectivity index (χ3v) is 9.47. The molecule has 0 radical (unpaired) electrons. The fourth-order valence-electron chi connectivity index (χ4n) is 6.92. The zero-order valence-corrected chi connectivity index (χ0v) is 26.6. The molecule has 0 saturated carbocycles. The van der Waals surface area contributed by atoms with Gasteiger partial charge < -0.3 is 25.2 Å². The second-order valence-corrected chi connectivity index (χ2v) is 12.8. The van der Waals surface area contributed by atoms with Gasteiger partial charge in [0.15, 0.2) is 11.5 Å². The number of aryl methyl sites for hydroxylation is 1. The molecule has 12 nitrogen and oxygen atoms in total. The van der Waals surface area contributed by atoms with E-state index in [9.17, 15) is 9.90 Å². The SMILES string of the molecule is CCCn1c2nc(Nc3cc(NC(CO)c4ccccc4)c(-c4nc(C56CCN(CC5)CC6)no4)cn3)ccc2c(=O)n1C(C)C. The van der Waals surface area contributed by atoms with Crippen molar-refractivity contribution in [3.05, 3.63) is 76.5 Å². The molecule has 3 aliphatic rings. The van der Waals surface area contributed by atoms with E-state index in [0.29, 0.717) is 46.4 Å². The Morgan fingerprint density at radius 1 is 1.02 bits per heavy atom. The molecule has 46 heavy (non-hydrogen) atoms. The number of rotatable bonds is 11. The molecule has 0 spiro atoms. The van der Waals surface area contributed by atoms with Gasteiger partial charge in [-0.25, -0.2) is 14.6 Å². The van der Waals surface area contributed by atoms with Gasteiger partial charge in [-0.2, -0.15) is 4.98 Å². The van der Waals surface area contributed by atoms with Gasteiger partial charge in [-0.1, -0.05) is 42.4 Å². The van der Waals surface area contributed by atoms with Crippen molar-refractivity contribution in [3.8, 4) is 11.5 Å². The fraction of sp³-hybridized carbons (Fsp3) is 0.441. The van der Waals surface area contributed by atoms with Crippen molar-refractivity contribution in [2.45, 2.75) is 70.5 Å². The van der Waals surface area contributed by atoms with Gasteiger partial charge in [0.2, 0.25) is 0 Å². The highest BCUT2D eigenvalue weighted by atomic mass is 16.5. The average molecular weight is 624 g/mol. The van der Waals surface area contributed by atoms with Crippen LogP contribution in [0.25, 0.3) is 22.5 Å². The van der Waals surface area contributed by atoms with Gasteiger partial charge in [0.25, 0.3) is 11.4 Å².